The normalized spacial score (nSPS) is 21.6. The predicted molar refractivity (Wildman–Crippen MR) is 46.0 cm³/mol. The van der Waals surface area contributed by atoms with Crippen LogP contribution in [-0.4, -0.2) is 41.9 Å². The molecule has 1 fully saturated rings. The van der Waals surface area contributed by atoms with Gasteiger partial charge in [0.05, 0.1) is 6.61 Å². The molecule has 6 heteroatoms. The van der Waals surface area contributed by atoms with E-state index in [9.17, 15) is 14.4 Å². The average molecular weight is 200 g/mol. The number of nitrogens with zero attached hydrogens (tertiary/aromatic N) is 1. The first-order chi connectivity index (χ1) is 6.61. The zero-order chi connectivity index (χ0) is 10.7. The number of hydrogen-bond donors (Lipinski definition) is 1. The van der Waals surface area contributed by atoms with Gasteiger partial charge in [-0.1, -0.05) is 0 Å². The molecule has 1 saturated heterocycles. The van der Waals surface area contributed by atoms with Crippen molar-refractivity contribution in [2.75, 3.05) is 13.2 Å². The van der Waals surface area contributed by atoms with E-state index in [1.807, 2.05) is 0 Å². The quantitative estimate of drug-likeness (QED) is 0.354. The molecule has 1 rings (SSSR count). The third-order valence-corrected chi connectivity index (χ3v) is 1.84. The van der Waals surface area contributed by atoms with Gasteiger partial charge in [-0.25, -0.2) is 10.2 Å². The minimum atomic E-state index is -1.16. The van der Waals surface area contributed by atoms with E-state index >= 15 is 0 Å². The van der Waals surface area contributed by atoms with E-state index in [-0.39, 0.29) is 6.61 Å². The maximum atomic E-state index is 11.2. The number of carbonyl (C=O) groups is 3. The maximum Gasteiger partial charge on any atom is 0.333 e. The predicted octanol–water partition coefficient (Wildman–Crippen LogP) is -1.15. The van der Waals surface area contributed by atoms with Crippen LogP contribution in [0.4, 0.5) is 0 Å². The zero-order valence-electron chi connectivity index (χ0n) is 8.07. The second kappa shape index (κ2) is 4.19. The summed E-state index contributed by atoms with van der Waals surface area (Å²) in [6, 6.07) is -1.16. The molecule has 1 N–H and O–H groups in total. The molecule has 78 valence electrons. The van der Waals surface area contributed by atoms with Gasteiger partial charge in [0.25, 0.3) is 5.78 Å². The van der Waals surface area contributed by atoms with Crippen molar-refractivity contribution in [2.45, 2.75) is 19.9 Å². The second-order valence-electron chi connectivity index (χ2n) is 2.73. The van der Waals surface area contributed by atoms with Crippen molar-refractivity contribution in [3.05, 3.63) is 0 Å². The summed E-state index contributed by atoms with van der Waals surface area (Å²) in [5.74, 6) is -2.15. The van der Waals surface area contributed by atoms with Crippen molar-refractivity contribution >= 4 is 17.7 Å². The minimum Gasteiger partial charge on any atom is -0.464 e. The van der Waals surface area contributed by atoms with Crippen molar-refractivity contribution in [1.82, 2.24) is 10.4 Å². The lowest BCUT2D eigenvalue weighted by Crippen LogP contribution is -2.42. The SMILES string of the molecule is CCOC(=O)C1NN(CC)C(=O)C1=O. The molecule has 14 heavy (non-hydrogen) atoms. The number of amides is 1. The van der Waals surface area contributed by atoms with E-state index in [2.05, 4.69) is 10.2 Å². The molecule has 1 unspecified atom stereocenters. The van der Waals surface area contributed by atoms with Gasteiger partial charge in [0.15, 0.2) is 6.04 Å². The van der Waals surface area contributed by atoms with Crippen LogP contribution in [0.3, 0.4) is 0 Å². The van der Waals surface area contributed by atoms with Crippen molar-refractivity contribution in [2.24, 2.45) is 0 Å². The van der Waals surface area contributed by atoms with E-state index in [1.54, 1.807) is 13.8 Å². The largest absolute Gasteiger partial charge is 0.464 e. The molecule has 0 saturated carbocycles. The van der Waals surface area contributed by atoms with Crippen LogP contribution in [0.15, 0.2) is 0 Å². The number of carbonyl (C=O) groups excluding carboxylic acids is 3. The Bertz CT molecular complexity index is 277. The molecule has 1 atom stereocenters. The number of esters is 1. The Morgan fingerprint density at radius 2 is 2.14 bits per heavy atom. The van der Waals surface area contributed by atoms with Gasteiger partial charge >= 0.3 is 11.9 Å². The van der Waals surface area contributed by atoms with E-state index in [0.717, 1.165) is 5.01 Å². The van der Waals surface area contributed by atoms with E-state index < -0.39 is 23.7 Å². The molecule has 6 nitrogen and oxygen atoms in total. The van der Waals surface area contributed by atoms with Gasteiger partial charge in [0.2, 0.25) is 0 Å². The summed E-state index contributed by atoms with van der Waals surface area (Å²) in [5.41, 5.74) is 2.48. The van der Waals surface area contributed by atoms with E-state index in [0.29, 0.717) is 6.54 Å². The number of hydrazine groups is 1. The third-order valence-electron chi connectivity index (χ3n) is 1.84. The maximum absolute atomic E-state index is 11.2. The molecule has 0 aliphatic carbocycles. The van der Waals surface area contributed by atoms with Crippen LogP contribution >= 0.6 is 0 Å². The van der Waals surface area contributed by atoms with Gasteiger partial charge in [-0.05, 0) is 13.8 Å². The summed E-state index contributed by atoms with van der Waals surface area (Å²) in [5, 5.41) is 1.10. The molecule has 1 heterocycles. The smallest absolute Gasteiger partial charge is 0.333 e. The number of Topliss-reactive ketones (excluding diaryl/α,β-unsaturated/α-hetero) is 1. The number of ether oxygens (including phenoxy) is 1. The molecular weight excluding hydrogens is 188 g/mol. The van der Waals surface area contributed by atoms with Gasteiger partial charge < -0.3 is 4.74 Å². The fraction of sp³-hybridized carbons (Fsp3) is 0.625. The Hall–Kier alpha value is -1.43. The molecule has 0 aromatic heterocycles. The van der Waals surface area contributed by atoms with Crippen LogP contribution in [0.5, 0.6) is 0 Å². The standard InChI is InChI=1S/C8H12N2O4/c1-3-10-7(12)6(11)5(9-10)8(13)14-4-2/h5,9H,3-4H2,1-2H3. The first-order valence-corrected chi connectivity index (χ1v) is 4.40. The fourth-order valence-electron chi connectivity index (χ4n) is 1.15. The monoisotopic (exact) mass is 200 g/mol. The van der Waals surface area contributed by atoms with Crippen molar-refractivity contribution < 1.29 is 19.1 Å². The summed E-state index contributed by atoms with van der Waals surface area (Å²) >= 11 is 0. The summed E-state index contributed by atoms with van der Waals surface area (Å²) < 4.78 is 4.64. The van der Waals surface area contributed by atoms with Crippen molar-refractivity contribution in [3.8, 4) is 0 Å². The summed E-state index contributed by atoms with van der Waals surface area (Å²) in [4.78, 5) is 33.6. The van der Waals surface area contributed by atoms with E-state index in [1.165, 1.54) is 0 Å². The zero-order valence-corrected chi connectivity index (χ0v) is 8.07. The number of likely N-dealkylation sites (N-methyl/N-ethyl adjacent to an activating group) is 1. The summed E-state index contributed by atoms with van der Waals surface area (Å²) in [7, 11) is 0. The van der Waals surface area contributed by atoms with Crippen LogP contribution in [0, 0.1) is 0 Å². The number of rotatable bonds is 3. The number of nitrogens with one attached hydrogen (secondary N) is 1. The van der Waals surface area contributed by atoms with Crippen LogP contribution in [0.1, 0.15) is 13.8 Å². The van der Waals surface area contributed by atoms with Crippen molar-refractivity contribution in [1.29, 1.82) is 0 Å². The topological polar surface area (TPSA) is 75.7 Å². The highest BCUT2D eigenvalue weighted by atomic mass is 16.5. The molecule has 1 amide bonds. The van der Waals surface area contributed by atoms with Crippen molar-refractivity contribution in [3.63, 3.8) is 0 Å². The second-order valence-corrected chi connectivity index (χ2v) is 2.73. The number of hydrogen-bond acceptors (Lipinski definition) is 5. The Morgan fingerprint density at radius 3 is 2.57 bits per heavy atom. The molecule has 0 spiro atoms. The lowest BCUT2D eigenvalue weighted by molar-refractivity contribution is -0.149. The first-order valence-electron chi connectivity index (χ1n) is 4.40. The fourth-order valence-corrected chi connectivity index (χ4v) is 1.15. The average Bonchev–Trinajstić information content (AvgIpc) is 2.44. The molecule has 0 radical (unpaired) electrons. The van der Waals surface area contributed by atoms with Gasteiger partial charge in [-0.2, -0.15) is 0 Å². The lowest BCUT2D eigenvalue weighted by Gasteiger charge is -2.12. The molecule has 0 aromatic carbocycles. The molecule has 1 aliphatic heterocycles. The van der Waals surface area contributed by atoms with Gasteiger partial charge in [0.1, 0.15) is 0 Å². The third kappa shape index (κ3) is 1.74. The van der Waals surface area contributed by atoms with Gasteiger partial charge in [0, 0.05) is 6.54 Å². The summed E-state index contributed by atoms with van der Waals surface area (Å²) in [6.45, 7) is 3.85. The Labute approximate surface area is 81.2 Å². The van der Waals surface area contributed by atoms with Gasteiger partial charge in [-0.15, -0.1) is 0 Å². The van der Waals surface area contributed by atoms with E-state index in [4.69, 9.17) is 0 Å². The Balaban J connectivity index is 2.70. The molecular formula is C8H12N2O4. The highest BCUT2D eigenvalue weighted by Gasteiger charge is 2.43. The highest BCUT2D eigenvalue weighted by molar-refractivity contribution is 6.43. The van der Waals surface area contributed by atoms with Crippen LogP contribution < -0.4 is 5.43 Å². The minimum absolute atomic E-state index is 0.185. The van der Waals surface area contributed by atoms with Crippen LogP contribution in [-0.2, 0) is 19.1 Å². The Morgan fingerprint density at radius 1 is 1.50 bits per heavy atom. The molecule has 1 aliphatic rings. The lowest BCUT2D eigenvalue weighted by atomic mass is 10.2. The van der Waals surface area contributed by atoms with Crippen LogP contribution in [0.25, 0.3) is 0 Å². The van der Waals surface area contributed by atoms with Gasteiger partial charge in [-0.3, -0.25) is 14.6 Å². The number of ketones is 1. The molecule has 0 aromatic rings. The highest BCUT2D eigenvalue weighted by Crippen LogP contribution is 2.04. The summed E-state index contributed by atoms with van der Waals surface area (Å²) in [6.07, 6.45) is 0. The van der Waals surface area contributed by atoms with Crippen LogP contribution in [0.2, 0.25) is 0 Å². The first kappa shape index (κ1) is 10.6. The Kier molecular flexibility index (Phi) is 3.19. The molecule has 0 bridgehead atoms.